The number of hydrogen-bond acceptors (Lipinski definition) is 6. The van der Waals surface area contributed by atoms with E-state index in [2.05, 4.69) is 31.1 Å². The number of H-pyrrole nitrogens is 1. The van der Waals surface area contributed by atoms with Gasteiger partial charge < -0.3 is 29.6 Å². The molecule has 0 spiro atoms. The van der Waals surface area contributed by atoms with E-state index in [1.807, 2.05) is 12.1 Å². The first-order valence-electron chi connectivity index (χ1n) is 10.2. The third kappa shape index (κ3) is 7.11. The molecule has 0 bridgehead atoms. The molecule has 0 aliphatic carbocycles. The molecule has 0 unspecified atom stereocenters. The highest BCUT2D eigenvalue weighted by molar-refractivity contribution is 5.87. The molecule has 3 N–H and O–H groups in total. The number of aromatic nitrogens is 1. The van der Waals surface area contributed by atoms with Crippen LogP contribution in [0.25, 0.3) is 11.3 Å². The second-order valence-corrected chi connectivity index (χ2v) is 8.21. The summed E-state index contributed by atoms with van der Waals surface area (Å²) in [5.74, 6) is -0.125. The molecule has 1 heterocycles. The Bertz CT molecular complexity index is 946. The predicted molar refractivity (Wildman–Crippen MR) is 119 cm³/mol. The quantitative estimate of drug-likeness (QED) is 0.468. The molecule has 0 fully saturated rings. The largest absolute Gasteiger partial charge is 0.493 e. The summed E-state index contributed by atoms with van der Waals surface area (Å²) in [7, 11) is 3.20. The van der Waals surface area contributed by atoms with Crippen molar-refractivity contribution in [2.75, 3.05) is 34.0 Å². The third-order valence-corrected chi connectivity index (χ3v) is 4.62. The normalized spacial score (nSPS) is 11.4. The van der Waals surface area contributed by atoms with Gasteiger partial charge in [-0.3, -0.25) is 4.79 Å². The highest BCUT2D eigenvalue weighted by atomic mass is 16.5. The highest BCUT2D eigenvalue weighted by Gasteiger charge is 2.17. The number of carbonyl (C=O) groups is 1. The van der Waals surface area contributed by atoms with Crippen LogP contribution in [-0.4, -0.2) is 55.6 Å². The summed E-state index contributed by atoms with van der Waals surface area (Å²) in [6.07, 6.45) is 2.64. The van der Waals surface area contributed by atoms with Crippen LogP contribution in [0.3, 0.4) is 0 Å². The Morgan fingerprint density at radius 2 is 1.87 bits per heavy atom. The number of aromatic amines is 1. The van der Waals surface area contributed by atoms with Crippen LogP contribution < -0.4 is 20.2 Å². The van der Waals surface area contributed by atoms with Gasteiger partial charge in [-0.05, 0) is 51.4 Å². The molecule has 8 heteroatoms. The Balaban J connectivity index is 2.44. The average Bonchev–Trinajstić information content (AvgIpc) is 2.70. The minimum Gasteiger partial charge on any atom is -0.493 e. The molecule has 31 heavy (non-hydrogen) atoms. The molecule has 1 aromatic heterocycles. The van der Waals surface area contributed by atoms with Gasteiger partial charge in [-0.1, -0.05) is 0 Å². The number of benzene rings is 1. The minimum atomic E-state index is -1.26. The lowest BCUT2D eigenvalue weighted by Crippen LogP contribution is -2.37. The lowest BCUT2D eigenvalue weighted by Gasteiger charge is -2.22. The fourth-order valence-electron chi connectivity index (χ4n) is 3.08. The Kier molecular flexibility index (Phi) is 8.65. The van der Waals surface area contributed by atoms with Crippen LogP contribution in [0.1, 0.15) is 43.1 Å². The fraction of sp³-hybridized carbons (Fsp3) is 0.478. The molecule has 8 nitrogen and oxygen atoms in total. The van der Waals surface area contributed by atoms with E-state index in [0.717, 1.165) is 17.5 Å². The Morgan fingerprint density at radius 1 is 1.13 bits per heavy atom. The molecule has 0 saturated carbocycles. The summed E-state index contributed by atoms with van der Waals surface area (Å²) in [4.78, 5) is 26.4. The van der Waals surface area contributed by atoms with Gasteiger partial charge in [-0.2, -0.15) is 0 Å². The topological polar surface area (TPSA) is 110 Å². The molecule has 1 aromatic carbocycles. The van der Waals surface area contributed by atoms with Gasteiger partial charge in [0.05, 0.1) is 13.7 Å². The zero-order valence-corrected chi connectivity index (χ0v) is 18.8. The zero-order chi connectivity index (χ0) is 23.0. The van der Waals surface area contributed by atoms with Crippen molar-refractivity contribution in [3.63, 3.8) is 0 Å². The number of methoxy groups -OCH3 is 2. The van der Waals surface area contributed by atoms with Crippen LogP contribution in [0.4, 0.5) is 0 Å². The van der Waals surface area contributed by atoms with Gasteiger partial charge in [-0.25, -0.2) is 4.79 Å². The van der Waals surface area contributed by atoms with Crippen LogP contribution in [0, 0.1) is 0 Å². The van der Waals surface area contributed by atoms with E-state index in [-0.39, 0.29) is 11.1 Å². The van der Waals surface area contributed by atoms with Gasteiger partial charge in [0.2, 0.25) is 0 Å². The van der Waals surface area contributed by atoms with E-state index in [4.69, 9.17) is 19.3 Å². The van der Waals surface area contributed by atoms with Crippen LogP contribution >= 0.6 is 0 Å². The van der Waals surface area contributed by atoms with E-state index < -0.39 is 11.4 Å². The zero-order valence-electron chi connectivity index (χ0n) is 18.8. The molecule has 2 aromatic rings. The van der Waals surface area contributed by atoms with Crippen molar-refractivity contribution in [1.82, 2.24) is 10.3 Å². The van der Waals surface area contributed by atoms with Crippen molar-refractivity contribution in [1.29, 1.82) is 0 Å². The van der Waals surface area contributed by atoms with Gasteiger partial charge in [0.25, 0.3) is 0 Å². The van der Waals surface area contributed by atoms with E-state index in [9.17, 15) is 9.59 Å². The summed E-state index contributed by atoms with van der Waals surface area (Å²) in [6, 6.07) is 5.02. The summed E-state index contributed by atoms with van der Waals surface area (Å²) in [6.45, 7) is 8.06. The molecule has 0 amide bonds. The first kappa shape index (κ1) is 24.4. The number of pyridine rings is 1. The van der Waals surface area contributed by atoms with E-state index in [1.54, 1.807) is 14.2 Å². The fourth-order valence-corrected chi connectivity index (χ4v) is 3.08. The first-order valence-corrected chi connectivity index (χ1v) is 10.2. The highest BCUT2D eigenvalue weighted by Crippen LogP contribution is 2.35. The number of carboxylic acids is 1. The number of aromatic carboxylic acids is 1. The van der Waals surface area contributed by atoms with Crippen LogP contribution in [0.5, 0.6) is 11.5 Å². The monoisotopic (exact) mass is 432 g/mol. The van der Waals surface area contributed by atoms with E-state index >= 15 is 0 Å². The second kappa shape index (κ2) is 11.0. The SMILES string of the molecule is COCCCOc1cc(CCNC(C)(C)C)c(-c2cc(=O)c(C(=O)O)c[nH]2)cc1OC. The van der Waals surface area contributed by atoms with Crippen molar-refractivity contribution >= 4 is 5.97 Å². The maximum atomic E-state index is 12.3. The molecule has 0 atom stereocenters. The van der Waals surface area contributed by atoms with Crippen molar-refractivity contribution in [2.24, 2.45) is 0 Å². The van der Waals surface area contributed by atoms with Crippen molar-refractivity contribution in [3.8, 4) is 22.8 Å². The van der Waals surface area contributed by atoms with Gasteiger partial charge in [0.1, 0.15) is 5.56 Å². The van der Waals surface area contributed by atoms with Gasteiger partial charge in [0, 0.05) is 49.2 Å². The Hall–Kier alpha value is -2.84. The smallest absolute Gasteiger partial charge is 0.341 e. The standard InChI is InChI=1S/C23H32N2O6/c1-23(2,3)25-8-7-15-11-21(31-10-6-9-29-4)20(30-5)12-16(15)18-13-19(26)17(14-24-18)22(27)28/h11-14,25H,6-10H2,1-5H3,(H,24,26)(H,27,28). The lowest BCUT2D eigenvalue weighted by molar-refractivity contribution is 0.0695. The molecular weight excluding hydrogens is 400 g/mol. The maximum absolute atomic E-state index is 12.3. The number of rotatable bonds is 11. The van der Waals surface area contributed by atoms with Gasteiger partial charge in [-0.15, -0.1) is 0 Å². The lowest BCUT2D eigenvalue weighted by atomic mass is 9.99. The van der Waals surface area contributed by atoms with Crippen molar-refractivity contribution in [2.45, 2.75) is 39.2 Å². The molecular formula is C23H32N2O6. The predicted octanol–water partition coefficient (Wildman–Crippen LogP) is 3.09. The van der Waals surface area contributed by atoms with Crippen molar-refractivity contribution in [3.05, 3.63) is 45.7 Å². The van der Waals surface area contributed by atoms with E-state index in [1.165, 1.54) is 12.3 Å². The first-order chi connectivity index (χ1) is 14.7. The van der Waals surface area contributed by atoms with Crippen LogP contribution in [-0.2, 0) is 11.2 Å². The Labute approximate surface area is 182 Å². The average molecular weight is 433 g/mol. The van der Waals surface area contributed by atoms with Crippen molar-refractivity contribution < 1.29 is 24.1 Å². The molecule has 170 valence electrons. The molecule has 0 aliphatic heterocycles. The van der Waals surface area contributed by atoms with Gasteiger partial charge in [0.15, 0.2) is 16.9 Å². The van der Waals surface area contributed by atoms with Crippen LogP contribution in [0.15, 0.2) is 29.2 Å². The summed E-state index contributed by atoms with van der Waals surface area (Å²) in [5.41, 5.74) is 1.32. The van der Waals surface area contributed by atoms with E-state index in [0.29, 0.717) is 43.4 Å². The number of ether oxygens (including phenoxy) is 3. The molecule has 0 saturated heterocycles. The summed E-state index contributed by atoms with van der Waals surface area (Å²) in [5, 5.41) is 12.6. The number of hydrogen-bond donors (Lipinski definition) is 3. The van der Waals surface area contributed by atoms with Gasteiger partial charge >= 0.3 is 5.97 Å². The summed E-state index contributed by atoms with van der Waals surface area (Å²) < 4.78 is 16.5. The third-order valence-electron chi connectivity index (χ3n) is 4.62. The second-order valence-electron chi connectivity index (χ2n) is 8.21. The van der Waals surface area contributed by atoms with Crippen LogP contribution in [0.2, 0.25) is 0 Å². The minimum absolute atomic E-state index is 0.0381. The maximum Gasteiger partial charge on any atom is 0.341 e. The number of carboxylic acid groups (broad SMARTS) is 1. The Morgan fingerprint density at radius 3 is 2.45 bits per heavy atom. The molecule has 0 radical (unpaired) electrons. The molecule has 2 rings (SSSR count). The molecule has 0 aliphatic rings. The summed E-state index contributed by atoms with van der Waals surface area (Å²) >= 11 is 0. The number of nitrogens with one attached hydrogen (secondary N) is 2.